The van der Waals surface area contributed by atoms with E-state index >= 15 is 0 Å². The molecule has 4 rings (SSSR count). The lowest BCUT2D eigenvalue weighted by Crippen LogP contribution is -2.49. The number of halogens is 1. The van der Waals surface area contributed by atoms with E-state index in [1.807, 2.05) is 66.5 Å². The monoisotopic (exact) mass is 487 g/mol. The van der Waals surface area contributed by atoms with Crippen molar-refractivity contribution >= 4 is 67.4 Å². The first-order chi connectivity index (χ1) is 13.8. The Balaban J connectivity index is 1.91. The molecule has 2 aliphatic rings. The summed E-state index contributed by atoms with van der Waals surface area (Å²) in [5, 5.41) is 6.94. The molecule has 0 fully saturated rings. The summed E-state index contributed by atoms with van der Waals surface area (Å²) in [4.78, 5) is 27.5. The number of carbonyl (C=O) groups is 2. The van der Waals surface area contributed by atoms with Crippen LogP contribution in [0, 0.1) is 0 Å². The number of Topliss-reactive ketones (excluding diaryl/α,β-unsaturated/α-hetero) is 2. The second-order valence-corrected chi connectivity index (χ2v) is 10.2. The van der Waals surface area contributed by atoms with Gasteiger partial charge in [-0.3, -0.25) is 9.59 Å². The smallest absolute Gasteiger partial charge is 0.245 e. The van der Waals surface area contributed by atoms with Gasteiger partial charge < -0.3 is 4.90 Å². The lowest BCUT2D eigenvalue weighted by molar-refractivity contribution is -0.113. The van der Waals surface area contributed by atoms with Crippen molar-refractivity contribution < 1.29 is 9.59 Å². The second kappa shape index (κ2) is 7.66. The molecule has 0 radical (unpaired) electrons. The summed E-state index contributed by atoms with van der Waals surface area (Å²) in [6, 6.07) is 17.7. The Morgan fingerprint density at radius 3 is 2.17 bits per heavy atom. The third-order valence-electron chi connectivity index (χ3n) is 4.58. The average molecular weight is 488 g/mol. The summed E-state index contributed by atoms with van der Waals surface area (Å²) in [6.07, 6.45) is 0. The van der Waals surface area contributed by atoms with E-state index in [1.165, 1.54) is 30.4 Å². The maximum absolute atomic E-state index is 12.4. The summed E-state index contributed by atoms with van der Waals surface area (Å²) in [6.45, 7) is 5.03. The predicted octanol–water partition coefficient (Wildman–Crippen LogP) is 5.59. The van der Waals surface area contributed by atoms with Crippen molar-refractivity contribution in [2.75, 3.05) is 9.91 Å². The van der Waals surface area contributed by atoms with Crippen molar-refractivity contribution in [3.63, 3.8) is 0 Å². The molecule has 8 heteroatoms. The SMILES string of the molecule is CC(=O)C1=NN(c2ccc(Br)cc2)[C@@]2(S1)SC(C(C)=O)=C(C)N2c1ccccc1. The van der Waals surface area contributed by atoms with Crippen molar-refractivity contribution in [1.82, 2.24) is 0 Å². The first-order valence-corrected chi connectivity index (χ1v) is 11.4. The molecular weight excluding hydrogens is 470 g/mol. The molecule has 0 saturated heterocycles. The van der Waals surface area contributed by atoms with Crippen LogP contribution in [0.2, 0.25) is 0 Å². The third-order valence-corrected chi connectivity index (χ3v) is 8.20. The van der Waals surface area contributed by atoms with Gasteiger partial charge in [0.2, 0.25) is 4.33 Å². The number of benzene rings is 2. The first-order valence-electron chi connectivity index (χ1n) is 8.94. The highest BCUT2D eigenvalue weighted by atomic mass is 79.9. The minimum Gasteiger partial charge on any atom is -0.301 e. The molecule has 0 amide bonds. The van der Waals surface area contributed by atoms with Gasteiger partial charge in [-0.2, -0.15) is 5.10 Å². The van der Waals surface area contributed by atoms with Gasteiger partial charge in [-0.1, -0.05) is 45.9 Å². The Bertz CT molecular complexity index is 1050. The maximum atomic E-state index is 12.4. The molecule has 1 atom stereocenters. The average Bonchev–Trinajstić information content (AvgIpc) is 3.22. The van der Waals surface area contributed by atoms with E-state index in [4.69, 9.17) is 0 Å². The minimum atomic E-state index is -0.832. The number of rotatable bonds is 4. The van der Waals surface area contributed by atoms with Gasteiger partial charge in [0.25, 0.3) is 0 Å². The van der Waals surface area contributed by atoms with E-state index in [0.29, 0.717) is 9.95 Å². The number of anilines is 2. The van der Waals surface area contributed by atoms with Crippen molar-refractivity contribution in [3.8, 4) is 0 Å². The zero-order chi connectivity index (χ0) is 20.8. The third kappa shape index (κ3) is 3.43. The molecule has 0 aromatic heterocycles. The fourth-order valence-electron chi connectivity index (χ4n) is 3.32. The predicted molar refractivity (Wildman–Crippen MR) is 125 cm³/mol. The Morgan fingerprint density at radius 2 is 1.59 bits per heavy atom. The quantitative estimate of drug-likeness (QED) is 0.560. The number of para-hydroxylation sites is 1. The summed E-state index contributed by atoms with van der Waals surface area (Å²) < 4.78 is 0.122. The molecule has 2 heterocycles. The van der Waals surface area contributed by atoms with Gasteiger partial charge >= 0.3 is 0 Å². The van der Waals surface area contributed by atoms with Crippen LogP contribution in [0.15, 0.2) is 74.8 Å². The van der Waals surface area contributed by atoms with Crippen LogP contribution in [-0.2, 0) is 9.59 Å². The van der Waals surface area contributed by atoms with Gasteiger partial charge in [0, 0.05) is 22.8 Å². The highest BCUT2D eigenvalue weighted by molar-refractivity contribution is 9.10. The number of hydrogen-bond donors (Lipinski definition) is 0. The van der Waals surface area contributed by atoms with Gasteiger partial charge in [0.15, 0.2) is 16.6 Å². The molecule has 2 aliphatic heterocycles. The first kappa shape index (κ1) is 20.3. The van der Waals surface area contributed by atoms with E-state index in [1.54, 1.807) is 6.92 Å². The standard InChI is InChI=1S/C21H18BrN3O2S2/c1-13-19(14(2)26)28-21(24(13)17-7-5-4-6-8-17)25(23-20(29-21)15(3)27)18-11-9-16(22)10-12-18/h4-12H,1-3H3/t21-/m1/s1. The van der Waals surface area contributed by atoms with E-state index < -0.39 is 4.33 Å². The van der Waals surface area contributed by atoms with Crippen LogP contribution in [-0.4, -0.2) is 20.9 Å². The summed E-state index contributed by atoms with van der Waals surface area (Å²) in [5.41, 5.74) is 2.62. The zero-order valence-electron chi connectivity index (χ0n) is 16.0. The number of hydrazone groups is 1. The number of allylic oxidation sites excluding steroid dienone is 2. The zero-order valence-corrected chi connectivity index (χ0v) is 19.3. The van der Waals surface area contributed by atoms with Gasteiger partial charge in [-0.25, -0.2) is 5.01 Å². The Hall–Kier alpha value is -2.03. The highest BCUT2D eigenvalue weighted by Gasteiger charge is 2.57. The molecule has 29 heavy (non-hydrogen) atoms. The van der Waals surface area contributed by atoms with Crippen molar-refractivity contribution in [1.29, 1.82) is 0 Å². The molecule has 0 aliphatic carbocycles. The van der Waals surface area contributed by atoms with Gasteiger partial charge in [-0.05, 0) is 62.0 Å². The topological polar surface area (TPSA) is 53.0 Å². The Morgan fingerprint density at radius 1 is 0.931 bits per heavy atom. The van der Waals surface area contributed by atoms with Crippen LogP contribution >= 0.6 is 39.5 Å². The number of ketones is 2. The molecule has 0 saturated carbocycles. The summed E-state index contributed by atoms with van der Waals surface area (Å²) >= 11 is 6.28. The van der Waals surface area contributed by atoms with Crippen LogP contribution in [0.5, 0.6) is 0 Å². The van der Waals surface area contributed by atoms with Crippen LogP contribution in [0.4, 0.5) is 11.4 Å². The Kier molecular flexibility index (Phi) is 5.35. The van der Waals surface area contributed by atoms with Crippen molar-refractivity contribution in [3.05, 3.63) is 69.7 Å². The van der Waals surface area contributed by atoms with Crippen LogP contribution in [0.25, 0.3) is 0 Å². The van der Waals surface area contributed by atoms with E-state index in [2.05, 4.69) is 25.9 Å². The lowest BCUT2D eigenvalue weighted by Gasteiger charge is -2.41. The van der Waals surface area contributed by atoms with Gasteiger partial charge in [0.1, 0.15) is 0 Å². The minimum absolute atomic E-state index is 0.00191. The molecule has 0 bridgehead atoms. The Labute approximate surface area is 186 Å². The summed E-state index contributed by atoms with van der Waals surface area (Å²) in [5.74, 6) is -0.102. The van der Waals surface area contributed by atoms with E-state index in [9.17, 15) is 9.59 Å². The largest absolute Gasteiger partial charge is 0.301 e. The van der Waals surface area contributed by atoms with Crippen LogP contribution in [0.1, 0.15) is 20.8 Å². The molecule has 2 aromatic carbocycles. The highest BCUT2D eigenvalue weighted by Crippen LogP contribution is 2.60. The molecule has 2 aromatic rings. The molecule has 5 nitrogen and oxygen atoms in total. The van der Waals surface area contributed by atoms with Crippen molar-refractivity contribution in [2.24, 2.45) is 5.10 Å². The normalized spacial score (nSPS) is 21.2. The number of carbonyl (C=O) groups excluding carboxylic acids is 2. The van der Waals surface area contributed by atoms with Crippen LogP contribution in [0.3, 0.4) is 0 Å². The number of thioether (sulfide) groups is 2. The molecule has 1 spiro atoms. The lowest BCUT2D eigenvalue weighted by atomic mass is 10.2. The van der Waals surface area contributed by atoms with Crippen molar-refractivity contribution in [2.45, 2.75) is 25.1 Å². The molecule has 0 unspecified atom stereocenters. The van der Waals surface area contributed by atoms with Crippen LogP contribution < -0.4 is 9.91 Å². The molecule has 0 N–H and O–H groups in total. The summed E-state index contributed by atoms with van der Waals surface area (Å²) in [7, 11) is 0. The maximum Gasteiger partial charge on any atom is 0.245 e. The fourth-order valence-corrected chi connectivity index (χ4v) is 6.54. The molecule has 148 valence electrons. The second-order valence-electron chi connectivity index (χ2n) is 6.64. The van der Waals surface area contributed by atoms with Gasteiger partial charge in [-0.15, -0.1) is 0 Å². The van der Waals surface area contributed by atoms with E-state index in [0.717, 1.165) is 21.5 Å². The van der Waals surface area contributed by atoms with Gasteiger partial charge in [0.05, 0.1) is 10.6 Å². The number of nitrogens with zero attached hydrogens (tertiary/aromatic N) is 3. The number of hydrogen-bond acceptors (Lipinski definition) is 7. The molecular formula is C21H18BrN3O2S2. The fraction of sp³-hybridized carbons (Fsp3) is 0.190. The van der Waals surface area contributed by atoms with E-state index in [-0.39, 0.29) is 11.6 Å².